The average Bonchev–Trinajstić information content (AvgIpc) is 2.90. The Labute approximate surface area is 149 Å². The number of amides is 2. The van der Waals surface area contributed by atoms with Crippen LogP contribution in [0.5, 0.6) is 0 Å². The molecule has 136 valence electrons. The number of carbonyl (C=O) groups excluding carboxylic acids is 2. The monoisotopic (exact) mass is 357 g/mol. The Morgan fingerprint density at radius 1 is 1.52 bits per heavy atom. The molecule has 8 nitrogen and oxygen atoms in total. The molecular formula is C16H20FN3O5. The van der Waals surface area contributed by atoms with E-state index >= 15 is 0 Å². The van der Waals surface area contributed by atoms with Crippen LogP contribution in [-0.4, -0.2) is 57.4 Å². The van der Waals surface area contributed by atoms with Crippen LogP contribution in [0, 0.1) is 11.0 Å². The van der Waals surface area contributed by atoms with Crippen molar-refractivity contribution in [2.45, 2.75) is 13.0 Å². The van der Waals surface area contributed by atoms with E-state index in [1.165, 1.54) is 13.0 Å². The van der Waals surface area contributed by atoms with E-state index in [2.05, 4.69) is 10.1 Å². The Bertz CT molecular complexity index is 825. The number of hydrogen-bond donors (Lipinski definition) is 1. The number of nitrogens with zero attached hydrogens (tertiary/aromatic N) is 2. The number of morpholine rings is 1. The lowest BCUT2D eigenvalue weighted by Crippen LogP contribution is -2.52. The second kappa shape index (κ2) is 6.95. The molecule has 0 radical (unpaired) electrons. The molecule has 0 spiro atoms. The Balaban J connectivity index is 1.82. The number of rotatable bonds is 4. The number of anilines is 1. The van der Waals surface area contributed by atoms with Gasteiger partial charge in [0.05, 0.1) is 37.4 Å². The number of cyclic esters (lactones) is 1. The van der Waals surface area contributed by atoms with Gasteiger partial charge in [-0.05, 0) is 6.07 Å². The summed E-state index contributed by atoms with van der Waals surface area (Å²) in [4.78, 5) is 24.2. The lowest BCUT2D eigenvalue weighted by Gasteiger charge is -2.44. The molecule has 1 atom stereocenters. The second-order valence-corrected chi connectivity index (χ2v) is 5.79. The molecule has 3 rings (SSSR count). The van der Waals surface area contributed by atoms with Crippen LogP contribution in [0.15, 0.2) is 18.2 Å². The fraction of sp³-hybridized carbons (Fsp3) is 0.500. The standard InChI is InChI=1S/C16H20FN3O5/c1-11(21)18-9-13-10-19(16(22)25-13)12-2-3-15(14(17)8-12)20(23)4-6-24-7-5-20/h2-3,8,13H,4-7,9-10H2,1H3,(H,18,21)/t13-/m0/s1/i6D2,7D2. The summed E-state index contributed by atoms with van der Waals surface area (Å²) in [7, 11) is 0. The lowest BCUT2D eigenvalue weighted by atomic mass is 10.2. The van der Waals surface area contributed by atoms with Gasteiger partial charge in [0, 0.05) is 19.1 Å². The number of ether oxygens (including phenoxy) is 2. The van der Waals surface area contributed by atoms with E-state index in [1.807, 2.05) is 0 Å². The Morgan fingerprint density at radius 3 is 2.88 bits per heavy atom. The maximum atomic E-state index is 14.8. The van der Waals surface area contributed by atoms with Crippen molar-refractivity contribution in [2.24, 2.45) is 0 Å². The first kappa shape index (κ1) is 13.0. The van der Waals surface area contributed by atoms with Gasteiger partial charge in [-0.2, -0.15) is 0 Å². The highest BCUT2D eigenvalue weighted by molar-refractivity contribution is 5.90. The van der Waals surface area contributed by atoms with Crippen LogP contribution in [0.25, 0.3) is 0 Å². The van der Waals surface area contributed by atoms with E-state index in [4.69, 9.17) is 10.2 Å². The Hall–Kier alpha value is -2.23. The first-order chi connectivity index (χ1) is 13.3. The molecular weight excluding hydrogens is 333 g/mol. The number of benzene rings is 1. The molecule has 1 aromatic rings. The molecule has 0 bridgehead atoms. The molecule has 2 fully saturated rings. The summed E-state index contributed by atoms with van der Waals surface area (Å²) in [5.74, 6) is -1.30. The minimum atomic E-state index is -2.58. The average molecular weight is 357 g/mol. The molecule has 1 N–H and O–H groups in total. The van der Waals surface area contributed by atoms with E-state index in [-0.39, 0.29) is 24.7 Å². The molecule has 2 amide bonds. The van der Waals surface area contributed by atoms with Crippen molar-refractivity contribution in [3.05, 3.63) is 29.2 Å². The summed E-state index contributed by atoms with van der Waals surface area (Å²) in [5.41, 5.74) is -0.348. The van der Waals surface area contributed by atoms with Gasteiger partial charge in [0.15, 0.2) is 11.5 Å². The number of quaternary nitrogens is 1. The van der Waals surface area contributed by atoms with Crippen molar-refractivity contribution in [1.29, 1.82) is 0 Å². The van der Waals surface area contributed by atoms with Crippen LogP contribution >= 0.6 is 0 Å². The molecule has 2 aliphatic rings. The molecule has 25 heavy (non-hydrogen) atoms. The Morgan fingerprint density at radius 2 is 2.24 bits per heavy atom. The van der Waals surface area contributed by atoms with E-state index < -0.39 is 54.6 Å². The SMILES string of the molecule is [2H]C1([2H])C[N+]([O-])(c2ccc(N3C[C@H](CNC(C)=O)OC3=O)cc2F)CC([2H])([2H])O1. The minimum absolute atomic E-state index is 0.0637. The highest BCUT2D eigenvalue weighted by atomic mass is 19.1. The van der Waals surface area contributed by atoms with Crippen molar-refractivity contribution in [1.82, 2.24) is 9.96 Å². The van der Waals surface area contributed by atoms with Gasteiger partial charge >= 0.3 is 6.09 Å². The van der Waals surface area contributed by atoms with Crippen LogP contribution in [0.3, 0.4) is 0 Å². The highest BCUT2D eigenvalue weighted by Gasteiger charge is 2.34. The zero-order chi connectivity index (χ0) is 21.6. The van der Waals surface area contributed by atoms with E-state index in [9.17, 15) is 19.2 Å². The molecule has 9 heteroatoms. The van der Waals surface area contributed by atoms with Crippen LogP contribution in [0.1, 0.15) is 12.4 Å². The van der Waals surface area contributed by atoms with E-state index in [1.54, 1.807) is 0 Å². The van der Waals surface area contributed by atoms with Crippen LogP contribution in [-0.2, 0) is 14.3 Å². The van der Waals surface area contributed by atoms with Crippen molar-refractivity contribution in [3.63, 3.8) is 0 Å². The summed E-state index contributed by atoms with van der Waals surface area (Å²) in [6.07, 6.45) is -1.36. The number of hydroxylamine groups is 2. The lowest BCUT2D eigenvalue weighted by molar-refractivity contribution is -0.119. The third kappa shape index (κ3) is 3.73. The molecule has 0 saturated carbocycles. The maximum absolute atomic E-state index is 14.8. The number of halogens is 1. The van der Waals surface area contributed by atoms with E-state index in [0.717, 1.165) is 17.0 Å². The zero-order valence-corrected chi connectivity index (χ0v) is 13.5. The normalized spacial score (nSPS) is 29.0. The molecule has 2 saturated heterocycles. The summed E-state index contributed by atoms with van der Waals surface area (Å²) >= 11 is 0. The van der Waals surface area contributed by atoms with Gasteiger partial charge in [-0.25, -0.2) is 9.18 Å². The van der Waals surface area contributed by atoms with Crippen molar-refractivity contribution in [3.8, 4) is 0 Å². The largest absolute Gasteiger partial charge is 0.627 e. The number of nitrogens with one attached hydrogen (secondary N) is 1. The smallest absolute Gasteiger partial charge is 0.414 e. The van der Waals surface area contributed by atoms with Crippen molar-refractivity contribution < 1.29 is 28.9 Å². The third-order valence-electron chi connectivity index (χ3n) is 3.92. The molecule has 0 unspecified atom stereocenters. The second-order valence-electron chi connectivity index (χ2n) is 5.79. The zero-order valence-electron chi connectivity index (χ0n) is 17.5. The van der Waals surface area contributed by atoms with Gasteiger partial charge in [-0.3, -0.25) is 9.69 Å². The summed E-state index contributed by atoms with van der Waals surface area (Å²) in [6, 6.07) is 3.35. The first-order valence-electron chi connectivity index (χ1n) is 9.61. The maximum Gasteiger partial charge on any atom is 0.414 e. The van der Waals surface area contributed by atoms with Crippen LogP contribution < -0.4 is 14.9 Å². The van der Waals surface area contributed by atoms with Gasteiger partial charge in [0.1, 0.15) is 19.2 Å². The predicted molar refractivity (Wildman–Crippen MR) is 88.4 cm³/mol. The van der Waals surface area contributed by atoms with Gasteiger partial charge in [-0.1, -0.05) is 0 Å². The highest BCUT2D eigenvalue weighted by Crippen LogP contribution is 2.31. The number of hydrogen-bond acceptors (Lipinski definition) is 5. The van der Waals surface area contributed by atoms with Crippen LogP contribution in [0.2, 0.25) is 0 Å². The fourth-order valence-corrected chi connectivity index (χ4v) is 2.64. The summed E-state index contributed by atoms with van der Waals surface area (Å²) < 4.78 is 53.4. The first-order valence-corrected chi connectivity index (χ1v) is 7.61. The van der Waals surface area contributed by atoms with Gasteiger partial charge in [-0.15, -0.1) is 0 Å². The fourth-order valence-electron chi connectivity index (χ4n) is 2.64. The molecule has 1 aromatic carbocycles. The van der Waals surface area contributed by atoms with Gasteiger partial charge < -0.3 is 24.6 Å². The Kier molecular flexibility index (Phi) is 3.62. The third-order valence-corrected chi connectivity index (χ3v) is 3.92. The van der Waals surface area contributed by atoms with Gasteiger partial charge in [0.2, 0.25) is 5.91 Å². The van der Waals surface area contributed by atoms with Crippen LogP contribution in [0.4, 0.5) is 20.6 Å². The summed E-state index contributed by atoms with van der Waals surface area (Å²) in [5, 5.41) is 15.6. The van der Waals surface area contributed by atoms with Crippen molar-refractivity contribution >= 4 is 23.4 Å². The summed E-state index contributed by atoms with van der Waals surface area (Å²) in [6.45, 7) is -5.33. The number of carbonyl (C=O) groups is 2. The molecule has 0 aliphatic carbocycles. The molecule has 2 aliphatic heterocycles. The minimum Gasteiger partial charge on any atom is -0.627 e. The quantitative estimate of drug-likeness (QED) is 0.644. The topological polar surface area (TPSA) is 90.9 Å². The van der Waals surface area contributed by atoms with E-state index in [0.29, 0.717) is 0 Å². The molecule has 2 heterocycles. The predicted octanol–water partition coefficient (Wildman–Crippen LogP) is 1.12. The molecule has 0 aromatic heterocycles. The van der Waals surface area contributed by atoms with Gasteiger partial charge in [0.25, 0.3) is 0 Å². The van der Waals surface area contributed by atoms with Crippen molar-refractivity contribution in [2.75, 3.05) is 44.2 Å².